The van der Waals surface area contributed by atoms with Crippen molar-refractivity contribution in [1.82, 2.24) is 0 Å². The van der Waals surface area contributed by atoms with E-state index in [1.165, 1.54) is 37.2 Å². The first-order valence-electron chi connectivity index (χ1n) is 3.93. The van der Waals surface area contributed by atoms with Gasteiger partial charge in [-0.05, 0) is 0 Å². The summed E-state index contributed by atoms with van der Waals surface area (Å²) in [5, 5.41) is 1.42. The summed E-state index contributed by atoms with van der Waals surface area (Å²) in [4.78, 5) is 0. The summed E-state index contributed by atoms with van der Waals surface area (Å²) in [5.74, 6) is 1.09. The van der Waals surface area contributed by atoms with Gasteiger partial charge in [-0.25, -0.2) is 0 Å². The maximum absolute atomic E-state index is 2.32. The molecule has 42 valence electrons. The van der Waals surface area contributed by atoms with Gasteiger partial charge in [-0.1, -0.05) is 0 Å². The van der Waals surface area contributed by atoms with Crippen molar-refractivity contribution in [2.75, 3.05) is 0 Å². The molecule has 0 aromatic carbocycles. The van der Waals surface area contributed by atoms with E-state index in [4.69, 9.17) is 0 Å². The molecule has 1 aliphatic carbocycles. The molecular weight excluding hydrogens is 91.0 g/mol. The van der Waals surface area contributed by atoms with Gasteiger partial charge in [-0.15, -0.1) is 0 Å². The van der Waals surface area contributed by atoms with Crippen LogP contribution in [-0.2, 0) is 0 Å². The molecule has 0 bridgehead atoms. The molecule has 0 aliphatic heterocycles. The molecule has 0 unspecified atom stereocenters. The van der Waals surface area contributed by atoms with Crippen molar-refractivity contribution in [2.24, 2.45) is 5.92 Å². The Bertz CT molecular complexity index is 55.4. The van der Waals surface area contributed by atoms with Crippen molar-refractivity contribution in [3.05, 3.63) is 0 Å². The van der Waals surface area contributed by atoms with Gasteiger partial charge in [0.1, 0.15) is 0 Å². The van der Waals surface area contributed by atoms with Gasteiger partial charge in [0, 0.05) is 0 Å². The molecule has 0 amide bonds. The van der Waals surface area contributed by atoms with Gasteiger partial charge in [0.2, 0.25) is 0 Å². The van der Waals surface area contributed by atoms with Crippen molar-refractivity contribution in [2.45, 2.75) is 37.2 Å². The third-order valence-electron chi connectivity index (χ3n) is 2.30. The SMILES string of the molecule is [Li][CH2]C1CCCCC1. The Morgan fingerprint density at radius 1 is 1.12 bits per heavy atom. The van der Waals surface area contributed by atoms with E-state index in [2.05, 4.69) is 17.7 Å². The monoisotopic (exact) mass is 104 g/mol. The van der Waals surface area contributed by atoms with Crippen LogP contribution in [-0.4, -0.2) is 17.7 Å². The Morgan fingerprint density at radius 2 is 1.75 bits per heavy atom. The van der Waals surface area contributed by atoms with Gasteiger partial charge < -0.3 is 0 Å². The Kier molecular flexibility index (Phi) is 3.01. The van der Waals surface area contributed by atoms with Crippen molar-refractivity contribution >= 4 is 17.7 Å². The predicted octanol–water partition coefficient (Wildman–Crippen LogP) is 2.15. The molecule has 1 fully saturated rings. The van der Waals surface area contributed by atoms with Gasteiger partial charge in [0.15, 0.2) is 0 Å². The number of hydrogen-bond donors (Lipinski definition) is 0. The summed E-state index contributed by atoms with van der Waals surface area (Å²) in [5.41, 5.74) is 0. The van der Waals surface area contributed by atoms with E-state index < -0.39 is 0 Å². The van der Waals surface area contributed by atoms with Crippen LogP contribution in [0.15, 0.2) is 0 Å². The fourth-order valence-electron chi connectivity index (χ4n) is 1.60. The Balaban J connectivity index is 2.13. The standard InChI is InChI=1S/C7H13.Li/c1-7-5-3-2-4-6-7;/h7H,1-6H2;. The normalized spacial score (nSPS) is 23.8. The van der Waals surface area contributed by atoms with E-state index in [-0.39, 0.29) is 0 Å². The van der Waals surface area contributed by atoms with Crippen LogP contribution in [0.4, 0.5) is 0 Å². The van der Waals surface area contributed by atoms with Crippen LogP contribution in [0.1, 0.15) is 32.1 Å². The first-order chi connectivity index (χ1) is 3.93. The zero-order valence-corrected chi connectivity index (χ0v) is 5.82. The first-order valence-corrected chi connectivity index (χ1v) is 3.93. The van der Waals surface area contributed by atoms with Crippen LogP contribution in [0.25, 0.3) is 0 Å². The molecule has 0 saturated heterocycles. The van der Waals surface area contributed by atoms with Crippen molar-refractivity contribution < 1.29 is 0 Å². The molecular formula is C7H13Li. The zero-order chi connectivity index (χ0) is 5.82. The average Bonchev–Trinajstić information content (AvgIpc) is 1.90. The molecule has 1 aliphatic rings. The van der Waals surface area contributed by atoms with Gasteiger partial charge in [0.25, 0.3) is 0 Å². The second kappa shape index (κ2) is 3.59. The fourth-order valence-corrected chi connectivity index (χ4v) is 1.60. The molecule has 0 heterocycles. The summed E-state index contributed by atoms with van der Waals surface area (Å²) in [6.07, 6.45) is 7.51. The van der Waals surface area contributed by atoms with Crippen LogP contribution in [0, 0.1) is 5.92 Å². The van der Waals surface area contributed by atoms with Crippen molar-refractivity contribution in [1.29, 1.82) is 0 Å². The van der Waals surface area contributed by atoms with E-state index in [0.717, 1.165) is 5.92 Å². The molecule has 0 radical (unpaired) electrons. The Labute approximate surface area is 61.2 Å². The van der Waals surface area contributed by atoms with Crippen LogP contribution >= 0.6 is 0 Å². The van der Waals surface area contributed by atoms with Crippen LogP contribution in [0.2, 0.25) is 5.09 Å². The third-order valence-corrected chi connectivity index (χ3v) is 2.30. The Morgan fingerprint density at radius 3 is 2.12 bits per heavy atom. The van der Waals surface area contributed by atoms with Gasteiger partial charge >= 0.3 is 60.8 Å². The average molecular weight is 104 g/mol. The number of rotatable bonds is 1. The molecule has 1 heteroatoms. The molecule has 0 aromatic rings. The summed E-state index contributed by atoms with van der Waals surface area (Å²) < 4.78 is 0. The van der Waals surface area contributed by atoms with Gasteiger partial charge in [-0.2, -0.15) is 0 Å². The van der Waals surface area contributed by atoms with Crippen LogP contribution < -0.4 is 0 Å². The maximum atomic E-state index is 2.32. The molecule has 1 rings (SSSR count). The van der Waals surface area contributed by atoms with E-state index in [1.54, 1.807) is 0 Å². The Hall–Kier alpha value is 0.597. The molecule has 0 N–H and O–H groups in total. The van der Waals surface area contributed by atoms with E-state index in [0.29, 0.717) is 0 Å². The topological polar surface area (TPSA) is 0 Å². The molecule has 0 aromatic heterocycles. The zero-order valence-electron chi connectivity index (χ0n) is 5.82. The second-order valence-electron chi connectivity index (χ2n) is 2.91. The molecule has 0 nitrogen and oxygen atoms in total. The quantitative estimate of drug-likeness (QED) is 0.447. The van der Waals surface area contributed by atoms with Crippen LogP contribution in [0.3, 0.4) is 0 Å². The van der Waals surface area contributed by atoms with Crippen molar-refractivity contribution in [3.63, 3.8) is 0 Å². The summed E-state index contributed by atoms with van der Waals surface area (Å²) in [6.45, 7) is 0. The van der Waals surface area contributed by atoms with Gasteiger partial charge in [-0.3, -0.25) is 0 Å². The van der Waals surface area contributed by atoms with Gasteiger partial charge in [0.05, 0.1) is 0 Å². The van der Waals surface area contributed by atoms with E-state index in [1.807, 2.05) is 0 Å². The molecule has 0 atom stereocenters. The van der Waals surface area contributed by atoms with E-state index in [9.17, 15) is 0 Å². The third kappa shape index (κ3) is 1.84. The summed E-state index contributed by atoms with van der Waals surface area (Å²) in [6, 6.07) is 0. The summed E-state index contributed by atoms with van der Waals surface area (Å²) >= 11 is 2.32. The van der Waals surface area contributed by atoms with Crippen LogP contribution in [0.5, 0.6) is 0 Å². The molecule has 1 saturated carbocycles. The predicted molar refractivity (Wildman–Crippen MR) is 37.1 cm³/mol. The number of hydrogen-bond acceptors (Lipinski definition) is 0. The minimum absolute atomic E-state index is 1.09. The van der Waals surface area contributed by atoms with E-state index >= 15 is 0 Å². The minimum atomic E-state index is 1.09. The molecule has 8 heavy (non-hydrogen) atoms. The second-order valence-corrected chi connectivity index (χ2v) is 2.91. The summed E-state index contributed by atoms with van der Waals surface area (Å²) in [7, 11) is 0. The first kappa shape index (κ1) is 6.71. The molecule has 0 spiro atoms. The fraction of sp³-hybridized carbons (Fsp3) is 1.00. The van der Waals surface area contributed by atoms with Crippen molar-refractivity contribution in [3.8, 4) is 0 Å².